The number of hydrogen-bond acceptors (Lipinski definition) is 5. The maximum Gasteiger partial charge on any atom is 0.232 e. The van der Waals surface area contributed by atoms with Crippen LogP contribution in [0.1, 0.15) is 43.7 Å². The number of aryl methyl sites for hydroxylation is 2. The zero-order chi connectivity index (χ0) is 20.1. The Hall–Kier alpha value is -1.89. The topological polar surface area (TPSA) is 69.9 Å². The molecule has 3 aliphatic rings. The van der Waals surface area contributed by atoms with E-state index in [4.69, 9.17) is 4.52 Å². The average Bonchev–Trinajstić information content (AvgIpc) is 3.40. The largest absolute Gasteiger partial charge is 0.361 e. The van der Waals surface area contributed by atoms with Gasteiger partial charge in [0, 0.05) is 56.8 Å². The Labute approximate surface area is 167 Å². The lowest BCUT2D eigenvalue weighted by atomic mass is 9.79. The van der Waals surface area contributed by atoms with Gasteiger partial charge in [0.05, 0.1) is 17.5 Å². The van der Waals surface area contributed by atoms with Crippen LogP contribution in [-0.4, -0.2) is 77.0 Å². The molecular weight excluding hydrogens is 356 g/mol. The number of likely N-dealkylation sites (tertiary alicyclic amines) is 3. The third-order valence-corrected chi connectivity index (χ3v) is 7.05. The quantitative estimate of drug-likeness (QED) is 0.784. The average molecular weight is 389 g/mol. The van der Waals surface area contributed by atoms with Crippen LogP contribution in [0.25, 0.3) is 0 Å². The van der Waals surface area contributed by atoms with Gasteiger partial charge < -0.3 is 14.3 Å². The first-order chi connectivity index (χ1) is 13.3. The zero-order valence-corrected chi connectivity index (χ0v) is 17.5. The fraction of sp³-hybridized carbons (Fsp3) is 0.762. The molecule has 0 unspecified atom stereocenters. The van der Waals surface area contributed by atoms with E-state index in [-0.39, 0.29) is 17.7 Å². The van der Waals surface area contributed by atoms with Gasteiger partial charge in [-0.05, 0) is 40.5 Å². The number of carbonyl (C=O) groups is 2. The van der Waals surface area contributed by atoms with Gasteiger partial charge in [-0.15, -0.1) is 0 Å². The van der Waals surface area contributed by atoms with Crippen LogP contribution >= 0.6 is 0 Å². The summed E-state index contributed by atoms with van der Waals surface area (Å²) in [7, 11) is 0. The van der Waals surface area contributed by atoms with Crippen molar-refractivity contribution in [1.29, 1.82) is 0 Å². The Bertz CT molecular complexity index is 748. The van der Waals surface area contributed by atoms with Crippen LogP contribution in [0.3, 0.4) is 0 Å². The molecule has 1 aromatic heterocycles. The van der Waals surface area contributed by atoms with Crippen molar-refractivity contribution in [3.8, 4) is 0 Å². The molecule has 3 fully saturated rings. The Morgan fingerprint density at radius 3 is 2.46 bits per heavy atom. The van der Waals surface area contributed by atoms with Gasteiger partial charge in [0.1, 0.15) is 5.76 Å². The minimum absolute atomic E-state index is 0.0773. The second-order valence-corrected chi connectivity index (χ2v) is 9.13. The van der Waals surface area contributed by atoms with E-state index < -0.39 is 5.41 Å². The number of amides is 2. The van der Waals surface area contributed by atoms with Gasteiger partial charge in [-0.3, -0.25) is 14.5 Å². The lowest BCUT2D eigenvalue weighted by Gasteiger charge is -2.33. The summed E-state index contributed by atoms with van der Waals surface area (Å²) >= 11 is 0. The Kier molecular flexibility index (Phi) is 4.98. The number of aromatic nitrogens is 1. The maximum absolute atomic E-state index is 13.5. The number of rotatable bonds is 4. The molecule has 7 nitrogen and oxygen atoms in total. The van der Waals surface area contributed by atoms with Gasteiger partial charge in [0.15, 0.2) is 0 Å². The number of fused-ring (bicyclic) bond motifs is 1. The highest BCUT2D eigenvalue weighted by Gasteiger charge is 2.59. The van der Waals surface area contributed by atoms with E-state index >= 15 is 0 Å². The first-order valence-corrected chi connectivity index (χ1v) is 10.5. The molecule has 4 heterocycles. The van der Waals surface area contributed by atoms with E-state index in [1.54, 1.807) is 0 Å². The van der Waals surface area contributed by atoms with Gasteiger partial charge in [-0.1, -0.05) is 5.16 Å². The maximum atomic E-state index is 13.5. The second kappa shape index (κ2) is 7.17. The summed E-state index contributed by atoms with van der Waals surface area (Å²) in [4.78, 5) is 33.0. The van der Waals surface area contributed by atoms with Crippen LogP contribution in [0, 0.1) is 25.2 Å². The fourth-order valence-electron chi connectivity index (χ4n) is 5.24. The minimum Gasteiger partial charge on any atom is -0.361 e. The Morgan fingerprint density at radius 1 is 1.14 bits per heavy atom. The van der Waals surface area contributed by atoms with Crippen LogP contribution < -0.4 is 0 Å². The van der Waals surface area contributed by atoms with Crippen LogP contribution in [0.4, 0.5) is 0 Å². The van der Waals surface area contributed by atoms with Gasteiger partial charge in [0.2, 0.25) is 11.8 Å². The van der Waals surface area contributed by atoms with Gasteiger partial charge in [-0.25, -0.2) is 0 Å². The molecule has 1 aromatic rings. The molecule has 28 heavy (non-hydrogen) atoms. The summed E-state index contributed by atoms with van der Waals surface area (Å²) in [6, 6.07) is 0.417. The summed E-state index contributed by atoms with van der Waals surface area (Å²) < 4.78 is 5.21. The van der Waals surface area contributed by atoms with E-state index in [0.29, 0.717) is 31.3 Å². The molecule has 0 aromatic carbocycles. The molecule has 0 saturated carbocycles. The molecule has 0 radical (unpaired) electrons. The molecule has 3 saturated heterocycles. The van der Waals surface area contributed by atoms with Crippen LogP contribution in [0.5, 0.6) is 0 Å². The van der Waals surface area contributed by atoms with Crippen molar-refractivity contribution in [3.63, 3.8) is 0 Å². The van der Waals surface area contributed by atoms with Crippen molar-refractivity contribution in [2.24, 2.45) is 11.3 Å². The highest BCUT2D eigenvalue weighted by atomic mass is 16.5. The van der Waals surface area contributed by atoms with Crippen molar-refractivity contribution < 1.29 is 14.1 Å². The number of carbonyl (C=O) groups excluding carboxylic acids is 2. The van der Waals surface area contributed by atoms with Crippen LogP contribution in [0.15, 0.2) is 4.52 Å². The van der Waals surface area contributed by atoms with E-state index in [2.05, 4.69) is 23.9 Å². The molecule has 4 rings (SSSR count). The van der Waals surface area contributed by atoms with Crippen molar-refractivity contribution >= 4 is 11.8 Å². The molecule has 3 aliphatic heterocycles. The SMILES string of the molecule is Cc1noc(C)c1CC(=O)N1C[C@@H]2CN(C(C)C)C[C@]2(C(=O)N2CCCC2)C1. The predicted molar refractivity (Wildman–Crippen MR) is 105 cm³/mol. The normalized spacial score (nSPS) is 27.8. The van der Waals surface area contributed by atoms with Crippen LogP contribution in [0.2, 0.25) is 0 Å². The highest BCUT2D eigenvalue weighted by Crippen LogP contribution is 2.45. The highest BCUT2D eigenvalue weighted by molar-refractivity contribution is 5.87. The Morgan fingerprint density at radius 2 is 1.86 bits per heavy atom. The third-order valence-electron chi connectivity index (χ3n) is 7.05. The first kappa shape index (κ1) is 19.4. The standard InChI is InChI=1S/C21H32N4O3/c1-14(2)24-10-17-11-25(19(26)9-18-15(3)22-28-16(18)4)13-21(17,12-24)20(27)23-7-5-6-8-23/h14,17H,5-13H2,1-4H3/t17-,21-/m0/s1. The summed E-state index contributed by atoms with van der Waals surface area (Å²) in [5, 5.41) is 3.96. The minimum atomic E-state index is -0.441. The number of nitrogens with zero attached hydrogens (tertiary/aromatic N) is 4. The molecule has 154 valence electrons. The smallest absolute Gasteiger partial charge is 0.232 e. The molecule has 0 aliphatic carbocycles. The molecule has 2 atom stereocenters. The molecule has 0 spiro atoms. The lowest BCUT2D eigenvalue weighted by molar-refractivity contribution is -0.141. The summed E-state index contributed by atoms with van der Waals surface area (Å²) in [5.41, 5.74) is 1.22. The van der Waals surface area contributed by atoms with Crippen LogP contribution in [-0.2, 0) is 16.0 Å². The van der Waals surface area contributed by atoms with Crippen molar-refractivity contribution in [1.82, 2.24) is 19.9 Å². The van der Waals surface area contributed by atoms with Crippen molar-refractivity contribution in [2.45, 2.75) is 53.0 Å². The third kappa shape index (κ3) is 3.13. The van der Waals surface area contributed by atoms with Gasteiger partial charge >= 0.3 is 0 Å². The lowest BCUT2D eigenvalue weighted by Crippen LogP contribution is -2.49. The molecule has 7 heteroatoms. The first-order valence-electron chi connectivity index (χ1n) is 10.5. The van der Waals surface area contributed by atoms with Gasteiger partial charge in [-0.2, -0.15) is 0 Å². The van der Waals surface area contributed by atoms with E-state index in [0.717, 1.165) is 50.3 Å². The van der Waals surface area contributed by atoms with E-state index in [1.165, 1.54) is 0 Å². The Balaban J connectivity index is 1.54. The molecule has 0 N–H and O–H groups in total. The van der Waals surface area contributed by atoms with E-state index in [9.17, 15) is 9.59 Å². The molecule has 0 bridgehead atoms. The van der Waals surface area contributed by atoms with Crippen molar-refractivity contribution in [3.05, 3.63) is 17.0 Å². The zero-order valence-electron chi connectivity index (χ0n) is 17.5. The second-order valence-electron chi connectivity index (χ2n) is 9.13. The predicted octanol–water partition coefficient (Wildman–Crippen LogP) is 1.63. The monoisotopic (exact) mass is 388 g/mol. The molecule has 2 amide bonds. The van der Waals surface area contributed by atoms with Crippen molar-refractivity contribution in [2.75, 3.05) is 39.3 Å². The summed E-state index contributed by atoms with van der Waals surface area (Å²) in [6.45, 7) is 12.7. The number of hydrogen-bond donors (Lipinski definition) is 0. The summed E-state index contributed by atoms with van der Waals surface area (Å²) in [6.07, 6.45) is 2.49. The molecular formula is C21H32N4O3. The van der Waals surface area contributed by atoms with Gasteiger partial charge in [0.25, 0.3) is 0 Å². The van der Waals surface area contributed by atoms with E-state index in [1.807, 2.05) is 23.6 Å². The fourth-order valence-corrected chi connectivity index (χ4v) is 5.24. The summed E-state index contributed by atoms with van der Waals surface area (Å²) in [5.74, 6) is 1.27.